The zero-order chi connectivity index (χ0) is 22.1. The van der Waals surface area contributed by atoms with E-state index in [1.165, 1.54) is 7.05 Å². The zero-order valence-electron chi connectivity index (χ0n) is 17.5. The molecule has 4 aromatic rings. The van der Waals surface area contributed by atoms with Crippen molar-refractivity contribution in [2.75, 3.05) is 26.0 Å². The van der Waals surface area contributed by atoms with Gasteiger partial charge in [-0.3, -0.25) is 0 Å². The van der Waals surface area contributed by atoms with E-state index >= 15 is 0 Å². The SMILES string of the molecule is CNc1nc2[nH]c(-c3cccc(CC(C#N)CN(C)C(=O)O)c3)cc2c2c1ncn2C. The lowest BCUT2D eigenvalue weighted by Crippen LogP contribution is -2.30. The first-order valence-corrected chi connectivity index (χ1v) is 9.85. The Morgan fingerprint density at radius 3 is 2.94 bits per heavy atom. The maximum absolute atomic E-state index is 11.1. The molecule has 31 heavy (non-hydrogen) atoms. The van der Waals surface area contributed by atoms with Crippen LogP contribution < -0.4 is 5.32 Å². The summed E-state index contributed by atoms with van der Waals surface area (Å²) in [6.07, 6.45) is 1.20. The second-order valence-electron chi connectivity index (χ2n) is 7.60. The summed E-state index contributed by atoms with van der Waals surface area (Å²) in [6.45, 7) is 0.164. The number of carbonyl (C=O) groups is 1. The molecular formula is C22H23N7O2. The van der Waals surface area contributed by atoms with Gasteiger partial charge >= 0.3 is 6.09 Å². The van der Waals surface area contributed by atoms with Gasteiger partial charge in [-0.15, -0.1) is 0 Å². The highest BCUT2D eigenvalue weighted by Gasteiger charge is 2.17. The highest BCUT2D eigenvalue weighted by Crippen LogP contribution is 2.32. The number of aryl methyl sites for hydroxylation is 1. The lowest BCUT2D eigenvalue weighted by atomic mass is 9.98. The number of rotatable bonds is 6. The molecule has 0 fully saturated rings. The Labute approximate surface area is 178 Å². The summed E-state index contributed by atoms with van der Waals surface area (Å²) >= 11 is 0. The molecule has 0 spiro atoms. The molecule has 9 heteroatoms. The van der Waals surface area contributed by atoms with E-state index in [9.17, 15) is 10.1 Å². The van der Waals surface area contributed by atoms with E-state index in [1.54, 1.807) is 6.33 Å². The molecule has 0 aliphatic carbocycles. The number of hydrogen-bond acceptors (Lipinski definition) is 5. The highest BCUT2D eigenvalue weighted by molar-refractivity contribution is 6.07. The first kappa shape index (κ1) is 20.2. The Kier molecular flexibility index (Phi) is 5.21. The van der Waals surface area contributed by atoms with Gasteiger partial charge in [-0.05, 0) is 29.7 Å². The molecule has 3 N–H and O–H groups in total. The molecule has 1 unspecified atom stereocenters. The Bertz CT molecular complexity index is 1310. The van der Waals surface area contributed by atoms with E-state index in [1.807, 2.05) is 42.9 Å². The van der Waals surface area contributed by atoms with Crippen LogP contribution in [0.3, 0.4) is 0 Å². The maximum atomic E-state index is 11.1. The minimum absolute atomic E-state index is 0.164. The van der Waals surface area contributed by atoms with E-state index in [2.05, 4.69) is 32.4 Å². The zero-order valence-corrected chi connectivity index (χ0v) is 17.5. The molecule has 0 saturated carbocycles. The molecule has 4 rings (SSSR count). The predicted molar refractivity (Wildman–Crippen MR) is 119 cm³/mol. The number of nitrogens with one attached hydrogen (secondary N) is 2. The average molecular weight is 417 g/mol. The van der Waals surface area contributed by atoms with Crippen LogP contribution in [0, 0.1) is 17.2 Å². The van der Waals surface area contributed by atoms with E-state index < -0.39 is 12.0 Å². The Morgan fingerprint density at radius 2 is 2.23 bits per heavy atom. The van der Waals surface area contributed by atoms with Crippen LogP contribution in [0.1, 0.15) is 5.56 Å². The molecule has 0 aliphatic rings. The Balaban J connectivity index is 1.69. The van der Waals surface area contributed by atoms with Crippen LogP contribution in [0.5, 0.6) is 0 Å². The number of amides is 1. The third-order valence-corrected chi connectivity index (χ3v) is 5.40. The van der Waals surface area contributed by atoms with Crippen molar-refractivity contribution in [2.45, 2.75) is 6.42 Å². The van der Waals surface area contributed by atoms with Crippen LogP contribution in [0.15, 0.2) is 36.7 Å². The number of carboxylic acid groups (broad SMARTS) is 1. The quantitative estimate of drug-likeness (QED) is 0.442. The highest BCUT2D eigenvalue weighted by atomic mass is 16.4. The standard InChI is InChI=1S/C22H23N7O2/c1-24-21-18-19(29(3)12-25-18)16-9-17(26-20(16)27-21)15-6-4-5-13(8-15)7-14(10-23)11-28(2)22(30)31/h4-6,8-9,12,14H,7,11H2,1-3H3,(H,30,31)(H2,24,26,27). The summed E-state index contributed by atoms with van der Waals surface area (Å²) in [5.41, 5.74) is 5.43. The number of fused-ring (bicyclic) bond motifs is 3. The Hall–Kier alpha value is -4.06. The Morgan fingerprint density at radius 1 is 1.42 bits per heavy atom. The third-order valence-electron chi connectivity index (χ3n) is 5.40. The van der Waals surface area contributed by atoms with Crippen LogP contribution in [0.4, 0.5) is 10.6 Å². The van der Waals surface area contributed by atoms with Gasteiger partial charge in [0.1, 0.15) is 11.2 Å². The van der Waals surface area contributed by atoms with Gasteiger partial charge in [0, 0.05) is 38.8 Å². The van der Waals surface area contributed by atoms with Crippen molar-refractivity contribution in [1.82, 2.24) is 24.4 Å². The summed E-state index contributed by atoms with van der Waals surface area (Å²) in [4.78, 5) is 24.7. The van der Waals surface area contributed by atoms with Crippen LogP contribution in [0.25, 0.3) is 33.3 Å². The fourth-order valence-electron chi connectivity index (χ4n) is 3.84. The molecule has 9 nitrogen and oxygen atoms in total. The largest absolute Gasteiger partial charge is 0.465 e. The molecule has 0 aliphatic heterocycles. The fraction of sp³-hybridized carbons (Fsp3) is 0.273. The van der Waals surface area contributed by atoms with Gasteiger partial charge in [0.2, 0.25) is 0 Å². The lowest BCUT2D eigenvalue weighted by Gasteiger charge is -2.17. The second kappa shape index (κ2) is 7.99. The van der Waals surface area contributed by atoms with E-state index in [-0.39, 0.29) is 6.54 Å². The first-order chi connectivity index (χ1) is 14.9. The summed E-state index contributed by atoms with van der Waals surface area (Å²) < 4.78 is 1.98. The van der Waals surface area contributed by atoms with E-state index in [0.29, 0.717) is 12.2 Å². The minimum Gasteiger partial charge on any atom is -0.465 e. The summed E-state index contributed by atoms with van der Waals surface area (Å²) in [5, 5.41) is 22.6. The number of anilines is 1. The van der Waals surface area contributed by atoms with Gasteiger partial charge in [0.25, 0.3) is 0 Å². The van der Waals surface area contributed by atoms with Gasteiger partial charge in [-0.25, -0.2) is 14.8 Å². The molecule has 0 radical (unpaired) electrons. The molecule has 0 saturated heterocycles. The molecule has 1 amide bonds. The third kappa shape index (κ3) is 3.75. The van der Waals surface area contributed by atoms with Gasteiger partial charge in [0.05, 0.1) is 23.8 Å². The lowest BCUT2D eigenvalue weighted by molar-refractivity contribution is 0.152. The monoisotopic (exact) mass is 417 g/mol. The van der Waals surface area contributed by atoms with Crippen molar-refractivity contribution >= 4 is 34.0 Å². The number of pyridine rings is 1. The number of nitriles is 1. The molecule has 158 valence electrons. The number of hydrogen-bond donors (Lipinski definition) is 3. The number of H-pyrrole nitrogens is 1. The smallest absolute Gasteiger partial charge is 0.407 e. The predicted octanol–water partition coefficient (Wildman–Crippen LogP) is 3.45. The van der Waals surface area contributed by atoms with Gasteiger partial charge < -0.3 is 24.9 Å². The van der Waals surface area contributed by atoms with Crippen molar-refractivity contribution in [2.24, 2.45) is 13.0 Å². The summed E-state index contributed by atoms with van der Waals surface area (Å²) in [7, 11) is 5.25. The van der Waals surface area contributed by atoms with Crippen LogP contribution >= 0.6 is 0 Å². The normalized spacial score (nSPS) is 12.1. The minimum atomic E-state index is -1.04. The van der Waals surface area contributed by atoms with Gasteiger partial charge in [-0.2, -0.15) is 5.26 Å². The molecule has 1 atom stereocenters. The molecule has 3 heterocycles. The fourth-order valence-corrected chi connectivity index (χ4v) is 3.84. The van der Waals surface area contributed by atoms with Crippen molar-refractivity contribution in [1.29, 1.82) is 5.26 Å². The molecule has 3 aromatic heterocycles. The number of nitrogens with zero attached hydrogens (tertiary/aromatic N) is 5. The van der Waals surface area contributed by atoms with Crippen molar-refractivity contribution < 1.29 is 9.90 Å². The summed E-state index contributed by atoms with van der Waals surface area (Å²) in [6, 6.07) is 12.2. The van der Waals surface area contributed by atoms with Crippen molar-refractivity contribution in [3.63, 3.8) is 0 Å². The topological polar surface area (TPSA) is 123 Å². The van der Waals surface area contributed by atoms with Gasteiger partial charge in [-0.1, -0.05) is 18.2 Å². The maximum Gasteiger partial charge on any atom is 0.407 e. The number of aromatic amines is 1. The van der Waals surface area contributed by atoms with E-state index in [0.717, 1.165) is 43.8 Å². The van der Waals surface area contributed by atoms with Gasteiger partial charge in [0.15, 0.2) is 5.82 Å². The number of aromatic nitrogens is 4. The number of benzene rings is 1. The first-order valence-electron chi connectivity index (χ1n) is 9.85. The molecule has 1 aromatic carbocycles. The summed E-state index contributed by atoms with van der Waals surface area (Å²) in [5.74, 6) is 0.289. The van der Waals surface area contributed by atoms with E-state index in [4.69, 9.17) is 5.11 Å². The molecule has 0 bridgehead atoms. The van der Waals surface area contributed by atoms with Crippen molar-refractivity contribution in [3.05, 3.63) is 42.2 Å². The van der Waals surface area contributed by atoms with Crippen LogP contribution in [-0.2, 0) is 13.5 Å². The van der Waals surface area contributed by atoms with Crippen molar-refractivity contribution in [3.8, 4) is 17.3 Å². The average Bonchev–Trinajstić information content (AvgIpc) is 3.36. The second-order valence-corrected chi connectivity index (χ2v) is 7.60. The molecular weight excluding hydrogens is 394 g/mol. The van der Waals surface area contributed by atoms with Crippen LogP contribution in [0.2, 0.25) is 0 Å². The number of imidazole rings is 1. The van der Waals surface area contributed by atoms with Crippen LogP contribution in [-0.4, -0.2) is 56.3 Å².